The summed E-state index contributed by atoms with van der Waals surface area (Å²) in [6, 6.07) is 20.6. The van der Waals surface area contributed by atoms with Gasteiger partial charge in [-0.1, -0.05) is 50.7 Å². The van der Waals surface area contributed by atoms with Crippen LogP contribution in [0.2, 0.25) is 0 Å². The standard InChI is InChI=1S/C21H22O2S/c1-21(2,3)19-14-18(24-17-8-6-5-7-9-17)20(23-19)15-10-12-16(22-4)13-11-15/h5-14H,1-4H3. The van der Waals surface area contributed by atoms with Crippen LogP contribution in [0.25, 0.3) is 11.3 Å². The number of benzene rings is 2. The molecule has 0 aliphatic heterocycles. The van der Waals surface area contributed by atoms with Gasteiger partial charge in [-0.05, 0) is 42.5 Å². The Morgan fingerprint density at radius 2 is 1.58 bits per heavy atom. The van der Waals surface area contributed by atoms with E-state index in [1.54, 1.807) is 18.9 Å². The molecule has 0 radical (unpaired) electrons. The molecule has 0 spiro atoms. The normalized spacial score (nSPS) is 11.5. The Balaban J connectivity index is 2.03. The molecular weight excluding hydrogens is 316 g/mol. The maximum atomic E-state index is 6.25. The van der Waals surface area contributed by atoms with Gasteiger partial charge >= 0.3 is 0 Å². The van der Waals surface area contributed by atoms with Crippen molar-refractivity contribution in [1.29, 1.82) is 0 Å². The topological polar surface area (TPSA) is 22.4 Å². The Morgan fingerprint density at radius 1 is 0.917 bits per heavy atom. The molecule has 1 aromatic heterocycles. The Labute approximate surface area is 147 Å². The minimum atomic E-state index is -0.0310. The fourth-order valence-corrected chi connectivity index (χ4v) is 3.34. The van der Waals surface area contributed by atoms with E-state index in [9.17, 15) is 0 Å². The summed E-state index contributed by atoms with van der Waals surface area (Å²) in [5.74, 6) is 2.75. The fraction of sp³-hybridized carbons (Fsp3) is 0.238. The number of furan rings is 1. The first kappa shape index (κ1) is 16.7. The fourth-order valence-electron chi connectivity index (χ4n) is 2.38. The lowest BCUT2D eigenvalue weighted by Crippen LogP contribution is -2.09. The number of methoxy groups -OCH3 is 1. The van der Waals surface area contributed by atoms with E-state index >= 15 is 0 Å². The van der Waals surface area contributed by atoms with Crippen LogP contribution in [0.4, 0.5) is 0 Å². The van der Waals surface area contributed by atoms with Crippen molar-refractivity contribution in [3.05, 3.63) is 66.4 Å². The highest BCUT2D eigenvalue weighted by Crippen LogP contribution is 2.41. The first-order valence-corrected chi connectivity index (χ1v) is 8.80. The van der Waals surface area contributed by atoms with Crippen LogP contribution in [-0.4, -0.2) is 7.11 Å². The van der Waals surface area contributed by atoms with E-state index in [4.69, 9.17) is 9.15 Å². The SMILES string of the molecule is COc1ccc(-c2oc(C(C)(C)C)cc2Sc2ccccc2)cc1. The first-order valence-electron chi connectivity index (χ1n) is 7.99. The summed E-state index contributed by atoms with van der Waals surface area (Å²) in [6.45, 7) is 6.50. The van der Waals surface area contributed by atoms with Crippen LogP contribution in [0, 0.1) is 0 Å². The maximum Gasteiger partial charge on any atom is 0.148 e. The van der Waals surface area contributed by atoms with Crippen molar-refractivity contribution < 1.29 is 9.15 Å². The molecule has 3 rings (SSSR count). The molecule has 0 saturated heterocycles. The van der Waals surface area contributed by atoms with Gasteiger partial charge in [-0.2, -0.15) is 0 Å². The number of hydrogen-bond acceptors (Lipinski definition) is 3. The van der Waals surface area contributed by atoms with Crippen LogP contribution in [0.3, 0.4) is 0 Å². The molecule has 2 nitrogen and oxygen atoms in total. The molecule has 124 valence electrons. The van der Waals surface area contributed by atoms with Crippen LogP contribution in [-0.2, 0) is 5.41 Å². The third-order valence-corrected chi connectivity index (χ3v) is 4.79. The zero-order valence-corrected chi connectivity index (χ0v) is 15.3. The number of ether oxygens (including phenoxy) is 1. The van der Waals surface area contributed by atoms with Crippen molar-refractivity contribution in [2.24, 2.45) is 0 Å². The monoisotopic (exact) mass is 338 g/mol. The quantitative estimate of drug-likeness (QED) is 0.549. The van der Waals surface area contributed by atoms with Crippen molar-refractivity contribution >= 4 is 11.8 Å². The second kappa shape index (κ2) is 6.78. The summed E-state index contributed by atoms with van der Waals surface area (Å²) in [4.78, 5) is 2.34. The van der Waals surface area contributed by atoms with E-state index in [1.807, 2.05) is 30.3 Å². The molecule has 3 aromatic rings. The third kappa shape index (κ3) is 3.68. The summed E-state index contributed by atoms with van der Waals surface area (Å²) in [5, 5.41) is 0. The van der Waals surface area contributed by atoms with Crippen molar-refractivity contribution in [1.82, 2.24) is 0 Å². The van der Waals surface area contributed by atoms with Gasteiger partial charge in [-0.3, -0.25) is 0 Å². The van der Waals surface area contributed by atoms with E-state index in [1.165, 1.54) is 4.90 Å². The summed E-state index contributed by atoms with van der Waals surface area (Å²) in [6.07, 6.45) is 0. The molecule has 0 aliphatic carbocycles. The lowest BCUT2D eigenvalue weighted by molar-refractivity contribution is 0.413. The van der Waals surface area contributed by atoms with Crippen LogP contribution in [0.15, 0.2) is 74.9 Å². The summed E-state index contributed by atoms with van der Waals surface area (Å²) < 4.78 is 11.5. The van der Waals surface area contributed by atoms with Gasteiger partial charge in [0.05, 0.1) is 12.0 Å². The van der Waals surface area contributed by atoms with Gasteiger partial charge in [0.15, 0.2) is 0 Å². The van der Waals surface area contributed by atoms with Gasteiger partial charge in [-0.15, -0.1) is 0 Å². The van der Waals surface area contributed by atoms with Gasteiger partial charge in [-0.25, -0.2) is 0 Å². The van der Waals surface area contributed by atoms with Crippen LogP contribution < -0.4 is 4.74 Å². The van der Waals surface area contributed by atoms with Gasteiger partial charge in [0.2, 0.25) is 0 Å². The van der Waals surface area contributed by atoms with E-state index < -0.39 is 0 Å². The predicted molar refractivity (Wildman–Crippen MR) is 100.0 cm³/mol. The van der Waals surface area contributed by atoms with E-state index in [2.05, 4.69) is 51.1 Å². The Kier molecular flexibility index (Phi) is 4.72. The summed E-state index contributed by atoms with van der Waals surface area (Å²) in [7, 11) is 1.68. The third-order valence-electron chi connectivity index (χ3n) is 3.76. The second-order valence-corrected chi connectivity index (χ2v) is 7.81. The molecule has 0 unspecified atom stereocenters. The molecule has 24 heavy (non-hydrogen) atoms. The lowest BCUT2D eigenvalue weighted by atomic mass is 9.94. The van der Waals surface area contributed by atoms with Gasteiger partial charge in [0, 0.05) is 15.9 Å². The molecule has 0 saturated carbocycles. The van der Waals surface area contributed by atoms with E-state index in [0.29, 0.717) is 0 Å². The molecule has 0 atom stereocenters. The lowest BCUT2D eigenvalue weighted by Gasteiger charge is -2.14. The molecule has 0 aliphatic rings. The molecule has 3 heteroatoms. The average molecular weight is 338 g/mol. The van der Waals surface area contributed by atoms with Crippen LogP contribution >= 0.6 is 11.8 Å². The molecule has 0 bridgehead atoms. The van der Waals surface area contributed by atoms with Crippen molar-refractivity contribution in [3.8, 4) is 17.1 Å². The van der Waals surface area contributed by atoms with Crippen LogP contribution in [0.5, 0.6) is 5.75 Å². The smallest absolute Gasteiger partial charge is 0.148 e. The first-order chi connectivity index (χ1) is 11.5. The van der Waals surface area contributed by atoms with Crippen molar-refractivity contribution in [3.63, 3.8) is 0 Å². The molecule has 0 N–H and O–H groups in total. The van der Waals surface area contributed by atoms with Gasteiger partial charge in [0.25, 0.3) is 0 Å². The van der Waals surface area contributed by atoms with Gasteiger partial charge < -0.3 is 9.15 Å². The average Bonchev–Trinajstić information content (AvgIpc) is 3.00. The Bertz CT molecular complexity index is 796. The summed E-state index contributed by atoms with van der Waals surface area (Å²) in [5.41, 5.74) is 1.03. The Hall–Kier alpha value is -2.13. The predicted octanol–water partition coefficient (Wildman–Crippen LogP) is 6.40. The van der Waals surface area contributed by atoms with E-state index in [0.717, 1.165) is 27.7 Å². The molecular formula is C21H22O2S. The highest BCUT2D eigenvalue weighted by Gasteiger charge is 2.23. The second-order valence-electron chi connectivity index (χ2n) is 6.70. The zero-order valence-electron chi connectivity index (χ0n) is 14.5. The molecule has 0 amide bonds. The molecule has 2 aromatic carbocycles. The van der Waals surface area contributed by atoms with Crippen molar-refractivity contribution in [2.45, 2.75) is 36.0 Å². The minimum absolute atomic E-state index is 0.0310. The number of hydrogen-bond donors (Lipinski definition) is 0. The highest BCUT2D eigenvalue weighted by atomic mass is 32.2. The van der Waals surface area contributed by atoms with E-state index in [-0.39, 0.29) is 5.41 Å². The minimum Gasteiger partial charge on any atom is -0.497 e. The Morgan fingerprint density at radius 3 is 2.17 bits per heavy atom. The van der Waals surface area contributed by atoms with Gasteiger partial charge in [0.1, 0.15) is 17.3 Å². The summed E-state index contributed by atoms with van der Waals surface area (Å²) >= 11 is 1.73. The van der Waals surface area contributed by atoms with Crippen LogP contribution in [0.1, 0.15) is 26.5 Å². The molecule has 0 fully saturated rings. The van der Waals surface area contributed by atoms with Crippen molar-refractivity contribution in [2.75, 3.05) is 7.11 Å². The largest absolute Gasteiger partial charge is 0.497 e. The maximum absolute atomic E-state index is 6.25. The zero-order chi connectivity index (χ0) is 17.2. The number of rotatable bonds is 4. The molecule has 1 heterocycles. The highest BCUT2D eigenvalue weighted by molar-refractivity contribution is 7.99.